The summed E-state index contributed by atoms with van der Waals surface area (Å²) in [6.07, 6.45) is -1.53. The van der Waals surface area contributed by atoms with Gasteiger partial charge in [-0.25, -0.2) is 0 Å². The molecule has 1 amide bonds. The Balaban J connectivity index is 1.69. The van der Waals surface area contributed by atoms with Crippen molar-refractivity contribution in [2.24, 2.45) is 5.92 Å². The molecule has 5 nitrogen and oxygen atoms in total. The fraction of sp³-hybridized carbons (Fsp3) is 0.500. The van der Waals surface area contributed by atoms with E-state index >= 15 is 0 Å². The zero-order valence-electron chi connectivity index (χ0n) is 16.3. The predicted molar refractivity (Wildman–Crippen MR) is 104 cm³/mol. The summed E-state index contributed by atoms with van der Waals surface area (Å²) in [7, 11) is 1.49. The lowest BCUT2D eigenvalue weighted by Crippen LogP contribution is -2.22. The van der Waals surface area contributed by atoms with Crippen LogP contribution in [0.4, 0.5) is 18.9 Å². The topological polar surface area (TPSA) is 56.1 Å². The van der Waals surface area contributed by atoms with Gasteiger partial charge in [-0.1, -0.05) is 18.5 Å². The van der Waals surface area contributed by atoms with Crippen LogP contribution in [0.3, 0.4) is 0 Å². The first kappa shape index (κ1) is 21.5. The number of carbonyl (C=O) groups is 1. The summed E-state index contributed by atoms with van der Waals surface area (Å²) >= 11 is 5.97. The molecule has 3 rings (SSSR count). The molecular formula is C20H23ClF3N3O2. The number of methoxy groups -OCH3 is 1. The summed E-state index contributed by atoms with van der Waals surface area (Å²) in [5.41, 5.74) is 0.623. The van der Waals surface area contributed by atoms with Gasteiger partial charge in [-0.05, 0) is 50.3 Å². The van der Waals surface area contributed by atoms with E-state index in [1.807, 2.05) is 0 Å². The number of anilines is 1. The van der Waals surface area contributed by atoms with Gasteiger partial charge >= 0.3 is 6.18 Å². The number of fused-ring (bicyclic) bond motifs is 1. The van der Waals surface area contributed by atoms with Crippen molar-refractivity contribution in [1.29, 1.82) is 0 Å². The zero-order valence-corrected chi connectivity index (χ0v) is 17.0. The van der Waals surface area contributed by atoms with E-state index in [0.29, 0.717) is 47.0 Å². The first-order valence-electron chi connectivity index (χ1n) is 9.51. The number of nitrogens with zero attached hydrogens (tertiary/aromatic N) is 2. The SMILES string of the molecule is COc1ccc(Cl)cc1NC(=O)C(C)CCn1nc(C(F)(F)F)c2c1CCCC2. The second-order valence-electron chi connectivity index (χ2n) is 7.23. The second kappa shape index (κ2) is 8.65. The monoisotopic (exact) mass is 429 g/mol. The van der Waals surface area contributed by atoms with E-state index in [1.165, 1.54) is 11.8 Å². The van der Waals surface area contributed by atoms with Crippen molar-refractivity contribution in [3.05, 3.63) is 40.2 Å². The Bertz CT molecular complexity index is 896. The lowest BCUT2D eigenvalue weighted by molar-refractivity contribution is -0.142. The van der Waals surface area contributed by atoms with E-state index in [1.54, 1.807) is 25.1 Å². The number of aryl methyl sites for hydroxylation is 1. The Hall–Kier alpha value is -2.22. The number of amides is 1. The molecule has 0 saturated carbocycles. The molecule has 0 fully saturated rings. The third-order valence-electron chi connectivity index (χ3n) is 5.17. The number of aromatic nitrogens is 2. The van der Waals surface area contributed by atoms with Gasteiger partial charge in [-0.15, -0.1) is 0 Å². The Morgan fingerprint density at radius 1 is 1.34 bits per heavy atom. The molecular weight excluding hydrogens is 407 g/mol. The van der Waals surface area contributed by atoms with Crippen molar-refractivity contribution < 1.29 is 22.7 Å². The van der Waals surface area contributed by atoms with Crippen LogP contribution >= 0.6 is 11.6 Å². The number of rotatable bonds is 6. The second-order valence-corrected chi connectivity index (χ2v) is 7.66. The summed E-state index contributed by atoms with van der Waals surface area (Å²) in [5, 5.41) is 7.07. The van der Waals surface area contributed by atoms with Gasteiger partial charge in [0.2, 0.25) is 5.91 Å². The maximum atomic E-state index is 13.3. The number of alkyl halides is 3. The van der Waals surface area contributed by atoms with Crippen LogP contribution in [0.1, 0.15) is 43.1 Å². The highest BCUT2D eigenvalue weighted by Crippen LogP contribution is 2.36. The molecule has 0 bridgehead atoms. The molecule has 1 heterocycles. The quantitative estimate of drug-likeness (QED) is 0.694. The van der Waals surface area contributed by atoms with Crippen LogP contribution in [0.2, 0.25) is 5.02 Å². The molecule has 1 aromatic heterocycles. The van der Waals surface area contributed by atoms with E-state index in [4.69, 9.17) is 16.3 Å². The smallest absolute Gasteiger partial charge is 0.435 e. The maximum absolute atomic E-state index is 13.3. The minimum atomic E-state index is -4.46. The van der Waals surface area contributed by atoms with Crippen molar-refractivity contribution in [2.45, 2.75) is 51.7 Å². The van der Waals surface area contributed by atoms with E-state index in [-0.39, 0.29) is 12.5 Å². The minimum absolute atomic E-state index is 0.250. The molecule has 0 aliphatic heterocycles. The largest absolute Gasteiger partial charge is 0.495 e. The van der Waals surface area contributed by atoms with Crippen LogP contribution in [0.5, 0.6) is 5.75 Å². The van der Waals surface area contributed by atoms with E-state index < -0.39 is 17.8 Å². The number of hydrogen-bond acceptors (Lipinski definition) is 3. The van der Waals surface area contributed by atoms with E-state index in [2.05, 4.69) is 10.4 Å². The normalized spacial score (nSPS) is 15.0. The number of carbonyl (C=O) groups excluding carboxylic acids is 1. The van der Waals surface area contributed by atoms with Crippen molar-refractivity contribution in [1.82, 2.24) is 9.78 Å². The van der Waals surface area contributed by atoms with Gasteiger partial charge in [-0.2, -0.15) is 18.3 Å². The average Bonchev–Trinajstić information content (AvgIpc) is 3.05. The van der Waals surface area contributed by atoms with Crippen molar-refractivity contribution in [3.8, 4) is 5.75 Å². The molecule has 9 heteroatoms. The highest BCUT2D eigenvalue weighted by atomic mass is 35.5. The van der Waals surface area contributed by atoms with Gasteiger partial charge in [0.25, 0.3) is 0 Å². The van der Waals surface area contributed by atoms with Crippen molar-refractivity contribution >= 4 is 23.2 Å². The Morgan fingerprint density at radius 3 is 2.76 bits per heavy atom. The van der Waals surface area contributed by atoms with Crippen molar-refractivity contribution in [2.75, 3.05) is 12.4 Å². The lowest BCUT2D eigenvalue weighted by atomic mass is 9.95. The van der Waals surface area contributed by atoms with Crippen LogP contribution in [-0.2, 0) is 30.4 Å². The third-order valence-corrected chi connectivity index (χ3v) is 5.40. The molecule has 0 spiro atoms. The zero-order chi connectivity index (χ0) is 21.2. The molecule has 0 radical (unpaired) electrons. The van der Waals surface area contributed by atoms with Crippen LogP contribution in [0.25, 0.3) is 0 Å². The van der Waals surface area contributed by atoms with Gasteiger partial charge in [0, 0.05) is 28.7 Å². The molecule has 1 N–H and O–H groups in total. The van der Waals surface area contributed by atoms with Gasteiger partial charge < -0.3 is 10.1 Å². The van der Waals surface area contributed by atoms with E-state index in [0.717, 1.165) is 12.8 Å². The predicted octanol–water partition coefficient (Wildman–Crippen LogP) is 5.11. The average molecular weight is 430 g/mol. The Morgan fingerprint density at radius 2 is 2.07 bits per heavy atom. The van der Waals surface area contributed by atoms with Gasteiger partial charge in [0.1, 0.15) is 5.75 Å². The summed E-state index contributed by atoms with van der Waals surface area (Å²) in [6.45, 7) is 1.98. The first-order valence-corrected chi connectivity index (χ1v) is 9.88. The van der Waals surface area contributed by atoms with Crippen LogP contribution in [0.15, 0.2) is 18.2 Å². The molecule has 29 heavy (non-hydrogen) atoms. The standard InChI is InChI=1S/C20H23ClF3N3O2/c1-12(19(28)25-15-11-13(21)7-8-17(15)29-2)9-10-27-16-6-4-3-5-14(16)18(26-27)20(22,23)24/h7-8,11-12H,3-6,9-10H2,1-2H3,(H,25,28). The fourth-order valence-corrected chi connectivity index (χ4v) is 3.74. The number of nitrogens with one attached hydrogen (secondary N) is 1. The highest BCUT2D eigenvalue weighted by Gasteiger charge is 2.39. The minimum Gasteiger partial charge on any atom is -0.495 e. The maximum Gasteiger partial charge on any atom is 0.435 e. The molecule has 0 saturated heterocycles. The summed E-state index contributed by atoms with van der Waals surface area (Å²) in [5.74, 6) is -0.218. The number of hydrogen-bond donors (Lipinski definition) is 1. The number of halogens is 4. The Labute approximate surface area is 172 Å². The molecule has 1 unspecified atom stereocenters. The van der Waals surface area contributed by atoms with Crippen LogP contribution in [0, 0.1) is 5.92 Å². The first-order chi connectivity index (χ1) is 13.7. The molecule has 1 atom stereocenters. The fourth-order valence-electron chi connectivity index (χ4n) is 3.56. The molecule has 158 valence electrons. The highest BCUT2D eigenvalue weighted by molar-refractivity contribution is 6.31. The molecule has 1 aliphatic rings. The summed E-state index contributed by atoms with van der Waals surface area (Å²) in [6, 6.07) is 4.89. The van der Waals surface area contributed by atoms with Crippen molar-refractivity contribution in [3.63, 3.8) is 0 Å². The van der Waals surface area contributed by atoms with E-state index in [9.17, 15) is 18.0 Å². The number of ether oxygens (including phenoxy) is 1. The van der Waals surface area contributed by atoms with Gasteiger partial charge in [0.05, 0.1) is 12.8 Å². The Kier molecular flexibility index (Phi) is 6.41. The van der Waals surface area contributed by atoms with Gasteiger partial charge in [0.15, 0.2) is 5.69 Å². The molecule has 1 aromatic carbocycles. The number of benzene rings is 1. The third kappa shape index (κ3) is 4.86. The summed E-state index contributed by atoms with van der Waals surface area (Å²) < 4.78 is 46.5. The van der Waals surface area contributed by atoms with Crippen LogP contribution in [-0.4, -0.2) is 22.8 Å². The van der Waals surface area contributed by atoms with Crippen LogP contribution < -0.4 is 10.1 Å². The van der Waals surface area contributed by atoms with Gasteiger partial charge in [-0.3, -0.25) is 9.48 Å². The summed E-state index contributed by atoms with van der Waals surface area (Å²) in [4.78, 5) is 12.5. The lowest BCUT2D eigenvalue weighted by Gasteiger charge is -2.17. The molecule has 1 aliphatic carbocycles. The molecule has 2 aromatic rings.